The predicted octanol–water partition coefficient (Wildman–Crippen LogP) is 4.69. The number of hydrogen-bond acceptors (Lipinski definition) is 2. The number of hydrogen-bond donors (Lipinski definition) is 1. The van der Waals surface area contributed by atoms with Crippen LogP contribution in [0.15, 0.2) is 65.3 Å². The van der Waals surface area contributed by atoms with E-state index in [0.717, 1.165) is 16.7 Å². The predicted molar refractivity (Wildman–Crippen MR) is 98.7 cm³/mol. The third-order valence-corrected chi connectivity index (χ3v) is 3.57. The van der Waals surface area contributed by atoms with E-state index in [1.165, 1.54) is 5.69 Å². The van der Waals surface area contributed by atoms with Crippen molar-refractivity contribution < 1.29 is 9.90 Å². The fourth-order valence-corrected chi connectivity index (χ4v) is 1.80. The van der Waals surface area contributed by atoms with Gasteiger partial charge in [-0.15, -0.1) is 0 Å². The van der Waals surface area contributed by atoms with Crippen LogP contribution in [0.25, 0.3) is 6.08 Å². The minimum Gasteiger partial charge on any atom is -0.478 e. The molecular formula is C20H25NO2. The SMILES string of the molecule is CC(C=Cc1ccc(N(C)C)cc1)=CC=CC(C)=C(C)C(=O)O. The first-order valence-corrected chi connectivity index (χ1v) is 7.52. The maximum Gasteiger partial charge on any atom is 0.331 e. The van der Waals surface area contributed by atoms with Gasteiger partial charge in [0.1, 0.15) is 0 Å². The van der Waals surface area contributed by atoms with Gasteiger partial charge in [0.25, 0.3) is 0 Å². The molecule has 0 aliphatic carbocycles. The van der Waals surface area contributed by atoms with E-state index in [2.05, 4.69) is 35.2 Å². The smallest absolute Gasteiger partial charge is 0.331 e. The normalized spacial score (nSPS) is 13.5. The van der Waals surface area contributed by atoms with E-state index < -0.39 is 5.97 Å². The zero-order chi connectivity index (χ0) is 17.4. The zero-order valence-electron chi connectivity index (χ0n) is 14.5. The van der Waals surface area contributed by atoms with E-state index in [0.29, 0.717) is 5.57 Å². The van der Waals surface area contributed by atoms with Crippen LogP contribution in [0.5, 0.6) is 0 Å². The zero-order valence-corrected chi connectivity index (χ0v) is 14.5. The third-order valence-electron chi connectivity index (χ3n) is 3.57. The highest BCUT2D eigenvalue weighted by Crippen LogP contribution is 2.14. The highest BCUT2D eigenvalue weighted by molar-refractivity contribution is 5.87. The van der Waals surface area contributed by atoms with Crippen molar-refractivity contribution >= 4 is 17.7 Å². The average molecular weight is 311 g/mol. The minimum atomic E-state index is -0.881. The summed E-state index contributed by atoms with van der Waals surface area (Å²) in [5.41, 5.74) is 4.53. The molecule has 0 spiro atoms. The summed E-state index contributed by atoms with van der Waals surface area (Å²) in [6.45, 7) is 5.42. The molecule has 0 unspecified atom stereocenters. The van der Waals surface area contributed by atoms with Gasteiger partial charge in [0.2, 0.25) is 0 Å². The van der Waals surface area contributed by atoms with Crippen LogP contribution < -0.4 is 4.90 Å². The fourth-order valence-electron chi connectivity index (χ4n) is 1.80. The van der Waals surface area contributed by atoms with Crippen molar-refractivity contribution in [2.45, 2.75) is 20.8 Å². The lowest BCUT2D eigenvalue weighted by molar-refractivity contribution is -0.132. The molecule has 0 fully saturated rings. The molecular weight excluding hydrogens is 286 g/mol. The number of anilines is 1. The molecule has 0 aromatic heterocycles. The van der Waals surface area contributed by atoms with Crippen LogP contribution in [0.3, 0.4) is 0 Å². The van der Waals surface area contributed by atoms with Gasteiger partial charge < -0.3 is 10.0 Å². The Hall–Kier alpha value is -2.55. The van der Waals surface area contributed by atoms with Crippen LogP contribution in [0.4, 0.5) is 5.69 Å². The molecule has 0 saturated carbocycles. The number of benzene rings is 1. The van der Waals surface area contributed by atoms with Crippen molar-refractivity contribution in [2.75, 3.05) is 19.0 Å². The molecule has 0 radical (unpaired) electrons. The highest BCUT2D eigenvalue weighted by atomic mass is 16.4. The van der Waals surface area contributed by atoms with Gasteiger partial charge in [-0.2, -0.15) is 0 Å². The minimum absolute atomic E-state index is 0.365. The largest absolute Gasteiger partial charge is 0.478 e. The number of carboxylic acid groups (broad SMARTS) is 1. The van der Waals surface area contributed by atoms with Crippen molar-refractivity contribution in [3.63, 3.8) is 0 Å². The molecule has 1 aromatic rings. The molecule has 1 aromatic carbocycles. The van der Waals surface area contributed by atoms with Crippen molar-refractivity contribution in [2.24, 2.45) is 0 Å². The van der Waals surface area contributed by atoms with E-state index in [-0.39, 0.29) is 0 Å². The monoisotopic (exact) mass is 311 g/mol. The van der Waals surface area contributed by atoms with E-state index in [4.69, 9.17) is 5.11 Å². The Kier molecular flexibility index (Phi) is 7.07. The number of allylic oxidation sites excluding steroid dienone is 6. The number of aliphatic carboxylic acids is 1. The van der Waals surface area contributed by atoms with E-state index in [1.54, 1.807) is 13.8 Å². The van der Waals surface area contributed by atoms with Gasteiger partial charge in [-0.1, -0.05) is 48.1 Å². The second kappa shape index (κ2) is 8.79. The topological polar surface area (TPSA) is 40.5 Å². The number of carbonyl (C=O) groups is 1. The van der Waals surface area contributed by atoms with Crippen molar-refractivity contribution in [3.05, 3.63) is 70.9 Å². The van der Waals surface area contributed by atoms with Crippen molar-refractivity contribution in [3.8, 4) is 0 Å². The number of nitrogens with zero attached hydrogens (tertiary/aromatic N) is 1. The van der Waals surface area contributed by atoms with Crippen molar-refractivity contribution in [1.82, 2.24) is 0 Å². The Morgan fingerprint density at radius 2 is 1.65 bits per heavy atom. The van der Waals surface area contributed by atoms with Gasteiger partial charge in [-0.25, -0.2) is 4.79 Å². The summed E-state index contributed by atoms with van der Waals surface area (Å²) in [5, 5.41) is 8.90. The Labute approximate surface area is 138 Å². The Morgan fingerprint density at radius 3 is 2.17 bits per heavy atom. The van der Waals surface area contributed by atoms with Gasteiger partial charge in [0.05, 0.1) is 0 Å². The lowest BCUT2D eigenvalue weighted by atomic mass is 10.1. The summed E-state index contributed by atoms with van der Waals surface area (Å²) in [5.74, 6) is -0.881. The maximum absolute atomic E-state index is 10.8. The molecule has 1 N–H and O–H groups in total. The number of carboxylic acids is 1. The summed E-state index contributed by atoms with van der Waals surface area (Å²) in [6, 6.07) is 8.33. The van der Waals surface area contributed by atoms with Gasteiger partial charge >= 0.3 is 5.97 Å². The first kappa shape index (κ1) is 18.5. The summed E-state index contributed by atoms with van der Waals surface area (Å²) < 4.78 is 0. The Bertz CT molecular complexity index is 659. The molecule has 0 atom stereocenters. The highest BCUT2D eigenvalue weighted by Gasteiger charge is 2.01. The summed E-state index contributed by atoms with van der Waals surface area (Å²) in [6.07, 6.45) is 9.75. The molecule has 0 amide bonds. The van der Waals surface area contributed by atoms with Crippen LogP contribution in [0.2, 0.25) is 0 Å². The van der Waals surface area contributed by atoms with Crippen LogP contribution in [-0.2, 0) is 4.79 Å². The van der Waals surface area contributed by atoms with Gasteiger partial charge in [-0.3, -0.25) is 0 Å². The summed E-state index contributed by atoms with van der Waals surface area (Å²) in [7, 11) is 4.04. The second-order valence-electron chi connectivity index (χ2n) is 5.70. The van der Waals surface area contributed by atoms with Crippen molar-refractivity contribution in [1.29, 1.82) is 0 Å². The third kappa shape index (κ3) is 6.39. The Balaban J connectivity index is 2.73. The molecule has 3 heteroatoms. The first-order valence-electron chi connectivity index (χ1n) is 7.52. The molecule has 122 valence electrons. The molecule has 0 aliphatic heterocycles. The molecule has 0 bridgehead atoms. The molecule has 0 heterocycles. The lowest BCUT2D eigenvalue weighted by Crippen LogP contribution is -2.07. The first-order chi connectivity index (χ1) is 10.8. The van der Waals surface area contributed by atoms with E-state index >= 15 is 0 Å². The maximum atomic E-state index is 10.8. The fraction of sp³-hybridized carbons (Fsp3) is 0.250. The summed E-state index contributed by atoms with van der Waals surface area (Å²) in [4.78, 5) is 12.9. The molecule has 23 heavy (non-hydrogen) atoms. The van der Waals surface area contributed by atoms with Gasteiger partial charge in [0.15, 0.2) is 0 Å². The molecule has 0 saturated heterocycles. The standard InChI is InChI=1S/C20H25NO2/c1-15(7-6-8-16(2)17(3)20(22)23)9-10-18-11-13-19(14-12-18)21(4)5/h6-14H,1-5H3,(H,22,23). The number of rotatable bonds is 6. The van der Waals surface area contributed by atoms with E-state index in [1.807, 2.05) is 45.3 Å². The summed E-state index contributed by atoms with van der Waals surface area (Å²) >= 11 is 0. The quantitative estimate of drug-likeness (QED) is 0.612. The average Bonchev–Trinajstić information content (AvgIpc) is 2.52. The lowest BCUT2D eigenvalue weighted by Gasteiger charge is -2.11. The molecule has 1 rings (SSSR count). The molecule has 0 aliphatic rings. The van der Waals surface area contributed by atoms with E-state index in [9.17, 15) is 4.79 Å². The van der Waals surface area contributed by atoms with Crippen LogP contribution in [0, 0.1) is 0 Å². The van der Waals surface area contributed by atoms with Crippen LogP contribution >= 0.6 is 0 Å². The molecule has 3 nitrogen and oxygen atoms in total. The Morgan fingerprint density at radius 1 is 1.04 bits per heavy atom. The second-order valence-corrected chi connectivity index (χ2v) is 5.70. The van der Waals surface area contributed by atoms with Crippen LogP contribution in [0.1, 0.15) is 26.3 Å². The van der Waals surface area contributed by atoms with Gasteiger partial charge in [0, 0.05) is 25.4 Å². The van der Waals surface area contributed by atoms with Gasteiger partial charge in [-0.05, 0) is 44.0 Å². The van der Waals surface area contributed by atoms with Crippen LogP contribution in [-0.4, -0.2) is 25.2 Å².